The minimum atomic E-state index is -0.166. The number of benzene rings is 3. The Bertz CT molecular complexity index is 997. The first-order valence-corrected chi connectivity index (χ1v) is 9.62. The van der Waals surface area contributed by atoms with Crippen molar-refractivity contribution in [3.8, 4) is 0 Å². The average Bonchev–Trinajstić information content (AvgIpc) is 2.69. The summed E-state index contributed by atoms with van der Waals surface area (Å²) in [6.07, 6.45) is 0. The Hall–Kier alpha value is -3.40. The predicted octanol–water partition coefficient (Wildman–Crippen LogP) is 5.80. The van der Waals surface area contributed by atoms with Crippen molar-refractivity contribution in [3.63, 3.8) is 0 Å². The van der Waals surface area contributed by atoms with E-state index in [4.69, 9.17) is 0 Å². The molecule has 3 aromatic carbocycles. The molecule has 0 heterocycles. The van der Waals surface area contributed by atoms with Crippen LogP contribution in [0.25, 0.3) is 0 Å². The van der Waals surface area contributed by atoms with Crippen LogP contribution >= 0.6 is 0 Å². The van der Waals surface area contributed by atoms with Crippen molar-refractivity contribution in [1.82, 2.24) is 0 Å². The molecule has 29 heavy (non-hydrogen) atoms. The molecule has 0 aliphatic rings. The van der Waals surface area contributed by atoms with Crippen LogP contribution < -0.4 is 10.6 Å². The normalized spacial score (nSPS) is 11.0. The zero-order valence-corrected chi connectivity index (χ0v) is 17.2. The number of nitrogens with one attached hydrogen (secondary N) is 2. The number of amides is 2. The lowest BCUT2D eigenvalue weighted by atomic mass is 9.87. The monoisotopic (exact) mass is 386 g/mol. The highest BCUT2D eigenvalue weighted by atomic mass is 16.2. The highest BCUT2D eigenvalue weighted by molar-refractivity contribution is 6.05. The van der Waals surface area contributed by atoms with E-state index in [9.17, 15) is 9.59 Å². The number of hydrogen-bond donors (Lipinski definition) is 2. The Balaban J connectivity index is 1.62. The maximum Gasteiger partial charge on any atom is 0.255 e. The maximum atomic E-state index is 12.5. The molecule has 0 aliphatic carbocycles. The second-order valence-corrected chi connectivity index (χ2v) is 8.18. The van der Waals surface area contributed by atoms with E-state index < -0.39 is 0 Å². The molecule has 148 valence electrons. The van der Waals surface area contributed by atoms with Crippen molar-refractivity contribution in [2.75, 3.05) is 10.6 Å². The molecule has 0 spiro atoms. The first-order chi connectivity index (χ1) is 13.7. The van der Waals surface area contributed by atoms with Gasteiger partial charge in [0.1, 0.15) is 0 Å². The van der Waals surface area contributed by atoms with Gasteiger partial charge in [0, 0.05) is 22.5 Å². The fourth-order valence-corrected chi connectivity index (χ4v) is 2.87. The van der Waals surface area contributed by atoms with E-state index in [1.165, 1.54) is 5.56 Å². The third kappa shape index (κ3) is 5.32. The molecule has 0 fully saturated rings. The molecular weight excluding hydrogens is 360 g/mol. The zero-order valence-electron chi connectivity index (χ0n) is 17.2. The van der Waals surface area contributed by atoms with Gasteiger partial charge in [-0.15, -0.1) is 0 Å². The van der Waals surface area contributed by atoms with Crippen LogP contribution in [0, 0.1) is 6.92 Å². The lowest BCUT2D eigenvalue weighted by Crippen LogP contribution is -2.14. The Morgan fingerprint density at radius 2 is 1.00 bits per heavy atom. The summed E-state index contributed by atoms with van der Waals surface area (Å²) in [6.45, 7) is 8.40. The van der Waals surface area contributed by atoms with Crippen LogP contribution in [-0.2, 0) is 5.41 Å². The average molecular weight is 386 g/mol. The Morgan fingerprint density at radius 3 is 1.38 bits per heavy atom. The summed E-state index contributed by atoms with van der Waals surface area (Å²) in [4.78, 5) is 24.8. The minimum Gasteiger partial charge on any atom is -0.322 e. The molecular formula is C25H26N2O2. The summed E-state index contributed by atoms with van der Waals surface area (Å²) in [6, 6.07) is 22.1. The summed E-state index contributed by atoms with van der Waals surface area (Å²) in [5.74, 6) is -0.331. The molecule has 0 saturated carbocycles. The van der Waals surface area contributed by atoms with Crippen LogP contribution in [-0.4, -0.2) is 11.8 Å². The van der Waals surface area contributed by atoms with Crippen molar-refractivity contribution in [1.29, 1.82) is 0 Å². The summed E-state index contributed by atoms with van der Waals surface area (Å²) < 4.78 is 0. The number of anilines is 2. The van der Waals surface area contributed by atoms with E-state index in [1.54, 1.807) is 36.4 Å². The van der Waals surface area contributed by atoms with Crippen LogP contribution in [0.15, 0.2) is 72.8 Å². The Kier molecular flexibility index (Phi) is 5.83. The number of carbonyl (C=O) groups is 2. The largest absolute Gasteiger partial charge is 0.322 e. The van der Waals surface area contributed by atoms with Gasteiger partial charge < -0.3 is 10.6 Å². The van der Waals surface area contributed by atoms with Crippen molar-refractivity contribution in [2.24, 2.45) is 0 Å². The molecule has 2 amide bonds. The first kappa shape index (κ1) is 20.3. The van der Waals surface area contributed by atoms with Crippen LogP contribution in [0.5, 0.6) is 0 Å². The molecule has 0 atom stereocenters. The van der Waals surface area contributed by atoms with Crippen LogP contribution in [0.1, 0.15) is 52.6 Å². The van der Waals surface area contributed by atoms with Gasteiger partial charge in [-0.2, -0.15) is 0 Å². The summed E-state index contributed by atoms with van der Waals surface area (Å²) in [5, 5.41) is 5.74. The molecule has 0 saturated heterocycles. The molecule has 0 unspecified atom stereocenters. The Labute approximate surface area is 172 Å². The topological polar surface area (TPSA) is 58.2 Å². The Morgan fingerprint density at radius 1 is 0.621 bits per heavy atom. The standard InChI is InChI=1S/C25H26N2O2/c1-17-5-7-18(8-6-17)23(28)26-21-13-15-22(16-14-21)27-24(29)19-9-11-20(12-10-19)25(2,3)4/h5-16H,1-4H3,(H,26,28)(H,27,29). The fourth-order valence-electron chi connectivity index (χ4n) is 2.87. The third-order valence-electron chi connectivity index (χ3n) is 4.73. The van der Waals surface area contributed by atoms with Gasteiger partial charge in [-0.05, 0) is 66.4 Å². The van der Waals surface area contributed by atoms with Gasteiger partial charge in [0.25, 0.3) is 11.8 Å². The van der Waals surface area contributed by atoms with Gasteiger partial charge >= 0.3 is 0 Å². The van der Waals surface area contributed by atoms with E-state index >= 15 is 0 Å². The molecule has 0 radical (unpaired) electrons. The van der Waals surface area contributed by atoms with Gasteiger partial charge in [0.05, 0.1) is 0 Å². The van der Waals surface area contributed by atoms with Gasteiger partial charge in [-0.25, -0.2) is 0 Å². The van der Waals surface area contributed by atoms with E-state index in [-0.39, 0.29) is 17.2 Å². The molecule has 4 nitrogen and oxygen atoms in total. The molecule has 4 heteroatoms. The van der Waals surface area contributed by atoms with Crippen LogP contribution in [0.4, 0.5) is 11.4 Å². The third-order valence-corrected chi connectivity index (χ3v) is 4.73. The van der Waals surface area contributed by atoms with E-state index in [0.29, 0.717) is 22.5 Å². The van der Waals surface area contributed by atoms with Crippen LogP contribution in [0.3, 0.4) is 0 Å². The van der Waals surface area contributed by atoms with Gasteiger partial charge in [0.15, 0.2) is 0 Å². The highest BCUT2D eigenvalue weighted by Gasteiger charge is 2.14. The second kappa shape index (κ2) is 8.31. The predicted molar refractivity (Wildman–Crippen MR) is 119 cm³/mol. The molecule has 3 rings (SSSR count). The van der Waals surface area contributed by atoms with Crippen molar-refractivity contribution < 1.29 is 9.59 Å². The lowest BCUT2D eigenvalue weighted by molar-refractivity contribution is 0.101. The summed E-state index contributed by atoms with van der Waals surface area (Å²) in [7, 11) is 0. The van der Waals surface area contributed by atoms with E-state index in [1.807, 2.05) is 43.3 Å². The van der Waals surface area contributed by atoms with Crippen molar-refractivity contribution >= 4 is 23.2 Å². The number of hydrogen-bond acceptors (Lipinski definition) is 2. The summed E-state index contributed by atoms with van der Waals surface area (Å²) >= 11 is 0. The molecule has 0 bridgehead atoms. The molecule has 0 aliphatic heterocycles. The number of carbonyl (C=O) groups excluding carboxylic acids is 2. The fraction of sp³-hybridized carbons (Fsp3) is 0.200. The number of rotatable bonds is 4. The highest BCUT2D eigenvalue weighted by Crippen LogP contribution is 2.22. The zero-order chi connectivity index (χ0) is 21.0. The number of aryl methyl sites for hydroxylation is 1. The summed E-state index contributed by atoms with van der Waals surface area (Å²) in [5.41, 5.74) is 4.89. The molecule has 0 aromatic heterocycles. The lowest BCUT2D eigenvalue weighted by Gasteiger charge is -2.19. The molecule has 3 aromatic rings. The minimum absolute atomic E-state index is 0.0495. The smallest absolute Gasteiger partial charge is 0.255 e. The second-order valence-electron chi connectivity index (χ2n) is 8.18. The first-order valence-electron chi connectivity index (χ1n) is 9.62. The molecule has 2 N–H and O–H groups in total. The quantitative estimate of drug-likeness (QED) is 0.595. The van der Waals surface area contributed by atoms with Crippen molar-refractivity contribution in [3.05, 3.63) is 95.1 Å². The van der Waals surface area contributed by atoms with E-state index in [2.05, 4.69) is 31.4 Å². The van der Waals surface area contributed by atoms with Gasteiger partial charge in [-0.1, -0.05) is 50.6 Å². The van der Waals surface area contributed by atoms with Gasteiger partial charge in [-0.3, -0.25) is 9.59 Å². The van der Waals surface area contributed by atoms with Crippen LogP contribution in [0.2, 0.25) is 0 Å². The maximum absolute atomic E-state index is 12.5. The van der Waals surface area contributed by atoms with E-state index in [0.717, 1.165) is 5.56 Å². The van der Waals surface area contributed by atoms with Gasteiger partial charge in [0.2, 0.25) is 0 Å². The SMILES string of the molecule is Cc1ccc(C(=O)Nc2ccc(NC(=O)c3ccc(C(C)(C)C)cc3)cc2)cc1. The van der Waals surface area contributed by atoms with Crippen molar-refractivity contribution in [2.45, 2.75) is 33.1 Å².